The number of likely N-dealkylation sites (tertiary alicyclic amines) is 1. The Hall–Kier alpha value is -1.88. The van der Waals surface area contributed by atoms with Gasteiger partial charge in [0.2, 0.25) is 0 Å². The maximum absolute atomic E-state index is 12.7. The first-order valence-electron chi connectivity index (χ1n) is 7.19. The summed E-state index contributed by atoms with van der Waals surface area (Å²) < 4.78 is 0. The van der Waals surface area contributed by atoms with E-state index in [1.807, 2.05) is 23.1 Å². The van der Waals surface area contributed by atoms with Gasteiger partial charge in [-0.1, -0.05) is 0 Å². The third-order valence-electron chi connectivity index (χ3n) is 4.86. The fraction of sp³-hybridized carbons (Fsp3) is 0.467. The molecule has 5 heteroatoms. The van der Waals surface area contributed by atoms with Gasteiger partial charge in [-0.3, -0.25) is 4.79 Å². The summed E-state index contributed by atoms with van der Waals surface area (Å²) in [6.45, 7) is 5.12. The van der Waals surface area contributed by atoms with Gasteiger partial charge in [0.05, 0.1) is 17.4 Å². The first-order chi connectivity index (χ1) is 9.74. The van der Waals surface area contributed by atoms with Gasteiger partial charge in [0.25, 0.3) is 5.91 Å². The molecule has 3 atom stereocenters. The van der Waals surface area contributed by atoms with Crippen LogP contribution < -0.4 is 5.32 Å². The molecule has 2 N–H and O–H groups in total. The average Bonchev–Trinajstić information content (AvgIpc) is 3.15. The Morgan fingerprint density at radius 1 is 1.40 bits per heavy atom. The summed E-state index contributed by atoms with van der Waals surface area (Å²) in [7, 11) is 0. The van der Waals surface area contributed by atoms with Crippen LogP contribution in [0.25, 0.3) is 11.0 Å². The number of carbonyl (C=O) groups is 1. The van der Waals surface area contributed by atoms with Crippen LogP contribution in [0.3, 0.4) is 0 Å². The molecular formula is C15H18N4O. The summed E-state index contributed by atoms with van der Waals surface area (Å²) in [6.07, 6.45) is 1.66. The minimum Gasteiger partial charge on any atom is -0.345 e. The van der Waals surface area contributed by atoms with Crippen molar-refractivity contribution in [1.82, 2.24) is 20.2 Å². The van der Waals surface area contributed by atoms with Crippen LogP contribution in [0.15, 0.2) is 24.5 Å². The fourth-order valence-electron chi connectivity index (χ4n) is 3.67. The van der Waals surface area contributed by atoms with E-state index < -0.39 is 0 Å². The highest BCUT2D eigenvalue weighted by atomic mass is 16.2. The first-order valence-corrected chi connectivity index (χ1v) is 7.19. The minimum atomic E-state index is 0.142. The van der Waals surface area contributed by atoms with Gasteiger partial charge in [-0.15, -0.1) is 0 Å². The van der Waals surface area contributed by atoms with E-state index in [0.717, 1.165) is 36.2 Å². The van der Waals surface area contributed by atoms with Gasteiger partial charge in [0.15, 0.2) is 0 Å². The van der Waals surface area contributed by atoms with E-state index >= 15 is 0 Å². The maximum Gasteiger partial charge on any atom is 0.254 e. The Bertz CT molecular complexity index is 665. The van der Waals surface area contributed by atoms with Gasteiger partial charge >= 0.3 is 0 Å². The van der Waals surface area contributed by atoms with E-state index in [-0.39, 0.29) is 5.91 Å². The van der Waals surface area contributed by atoms with Crippen LogP contribution in [-0.4, -0.2) is 46.5 Å². The lowest BCUT2D eigenvalue weighted by atomic mass is 9.95. The minimum absolute atomic E-state index is 0.142. The number of hydrogen-bond acceptors (Lipinski definition) is 3. The van der Waals surface area contributed by atoms with Gasteiger partial charge < -0.3 is 15.2 Å². The summed E-state index contributed by atoms with van der Waals surface area (Å²) in [4.78, 5) is 22.0. The van der Waals surface area contributed by atoms with Crippen molar-refractivity contribution < 1.29 is 4.79 Å². The van der Waals surface area contributed by atoms with Crippen LogP contribution in [0.2, 0.25) is 0 Å². The van der Waals surface area contributed by atoms with Gasteiger partial charge in [-0.05, 0) is 37.0 Å². The largest absolute Gasteiger partial charge is 0.345 e. The second kappa shape index (κ2) is 4.31. The molecule has 0 bridgehead atoms. The molecule has 0 aliphatic carbocycles. The maximum atomic E-state index is 12.7. The quantitative estimate of drug-likeness (QED) is 0.819. The standard InChI is InChI=1S/C15H18N4O/c1-9-12-6-16-5-11(12)7-19(9)15(20)10-2-3-13-14(4-10)18-8-17-13/h2-4,8-9,11-12,16H,5-7H2,1H3,(H,17,18). The number of fused-ring (bicyclic) bond motifs is 2. The molecule has 104 valence electrons. The molecule has 2 fully saturated rings. The highest BCUT2D eigenvalue weighted by Crippen LogP contribution is 2.33. The third-order valence-corrected chi connectivity index (χ3v) is 4.86. The zero-order chi connectivity index (χ0) is 13.7. The highest BCUT2D eigenvalue weighted by Gasteiger charge is 2.43. The number of amides is 1. The predicted molar refractivity (Wildman–Crippen MR) is 76.4 cm³/mol. The smallest absolute Gasteiger partial charge is 0.254 e. The summed E-state index contributed by atoms with van der Waals surface area (Å²) in [5.41, 5.74) is 2.57. The zero-order valence-corrected chi connectivity index (χ0v) is 11.5. The van der Waals surface area contributed by atoms with Crippen molar-refractivity contribution in [1.29, 1.82) is 0 Å². The number of rotatable bonds is 1. The Morgan fingerprint density at radius 2 is 2.30 bits per heavy atom. The number of nitrogens with zero attached hydrogens (tertiary/aromatic N) is 2. The molecule has 20 heavy (non-hydrogen) atoms. The number of carbonyl (C=O) groups excluding carboxylic acids is 1. The second-order valence-corrected chi connectivity index (χ2v) is 5.91. The van der Waals surface area contributed by atoms with Crippen LogP contribution in [0.1, 0.15) is 17.3 Å². The second-order valence-electron chi connectivity index (χ2n) is 5.91. The van der Waals surface area contributed by atoms with E-state index in [9.17, 15) is 4.79 Å². The number of nitrogens with one attached hydrogen (secondary N) is 2. The summed E-state index contributed by atoms with van der Waals surface area (Å²) in [6, 6.07) is 6.01. The molecule has 0 spiro atoms. The molecule has 0 saturated carbocycles. The number of benzene rings is 1. The fourth-order valence-corrected chi connectivity index (χ4v) is 3.67. The lowest BCUT2D eigenvalue weighted by Gasteiger charge is -2.24. The van der Waals surface area contributed by atoms with E-state index in [0.29, 0.717) is 17.9 Å². The van der Waals surface area contributed by atoms with E-state index in [1.165, 1.54) is 0 Å². The predicted octanol–water partition coefficient (Wildman–Crippen LogP) is 1.24. The average molecular weight is 270 g/mol. The molecule has 5 nitrogen and oxygen atoms in total. The van der Waals surface area contributed by atoms with Gasteiger partial charge in [0.1, 0.15) is 0 Å². The normalized spacial score (nSPS) is 29.1. The number of imidazole rings is 1. The highest BCUT2D eigenvalue weighted by molar-refractivity contribution is 5.97. The Kier molecular flexibility index (Phi) is 2.57. The molecule has 3 unspecified atom stereocenters. The topological polar surface area (TPSA) is 61.0 Å². The molecule has 2 aliphatic heterocycles. The first kappa shape index (κ1) is 11.9. The number of aromatic amines is 1. The lowest BCUT2D eigenvalue weighted by Crippen LogP contribution is -2.38. The third kappa shape index (κ3) is 1.66. The molecule has 2 saturated heterocycles. The van der Waals surface area contributed by atoms with E-state index in [4.69, 9.17) is 0 Å². The van der Waals surface area contributed by atoms with Crippen molar-refractivity contribution in [3.05, 3.63) is 30.1 Å². The van der Waals surface area contributed by atoms with Crippen LogP contribution in [0, 0.1) is 11.8 Å². The van der Waals surface area contributed by atoms with Crippen molar-refractivity contribution in [2.45, 2.75) is 13.0 Å². The molecular weight excluding hydrogens is 252 g/mol. The van der Waals surface area contributed by atoms with Gasteiger partial charge in [-0.2, -0.15) is 0 Å². The van der Waals surface area contributed by atoms with Crippen LogP contribution in [0.5, 0.6) is 0 Å². The monoisotopic (exact) mass is 270 g/mol. The van der Waals surface area contributed by atoms with Crippen molar-refractivity contribution in [3.8, 4) is 0 Å². The molecule has 1 aromatic carbocycles. The van der Waals surface area contributed by atoms with Crippen LogP contribution >= 0.6 is 0 Å². The zero-order valence-electron chi connectivity index (χ0n) is 11.5. The molecule has 4 rings (SSSR count). The van der Waals surface area contributed by atoms with Crippen LogP contribution in [-0.2, 0) is 0 Å². The summed E-state index contributed by atoms with van der Waals surface area (Å²) in [5, 5.41) is 3.42. The van der Waals surface area contributed by atoms with Gasteiger partial charge in [-0.25, -0.2) is 4.98 Å². The van der Waals surface area contributed by atoms with Crippen molar-refractivity contribution in [2.75, 3.05) is 19.6 Å². The summed E-state index contributed by atoms with van der Waals surface area (Å²) >= 11 is 0. The van der Waals surface area contributed by atoms with Gasteiger partial charge in [0, 0.05) is 31.2 Å². The molecule has 1 amide bonds. The number of aromatic nitrogens is 2. The van der Waals surface area contributed by atoms with Crippen molar-refractivity contribution in [2.24, 2.45) is 11.8 Å². The molecule has 2 aromatic rings. The number of hydrogen-bond donors (Lipinski definition) is 2. The van der Waals surface area contributed by atoms with E-state index in [2.05, 4.69) is 22.2 Å². The summed E-state index contributed by atoms with van der Waals surface area (Å²) in [5.74, 6) is 1.36. The molecule has 2 aliphatic rings. The van der Waals surface area contributed by atoms with E-state index in [1.54, 1.807) is 6.33 Å². The Morgan fingerprint density at radius 3 is 3.15 bits per heavy atom. The molecule has 0 radical (unpaired) electrons. The van der Waals surface area contributed by atoms with Crippen LogP contribution in [0.4, 0.5) is 0 Å². The Balaban J connectivity index is 1.63. The Labute approximate surface area is 117 Å². The van der Waals surface area contributed by atoms with Crippen molar-refractivity contribution in [3.63, 3.8) is 0 Å². The number of H-pyrrole nitrogens is 1. The molecule has 1 aromatic heterocycles. The SMILES string of the molecule is CC1C2CNCC2CN1C(=O)c1ccc2nc[nH]c2c1. The molecule has 3 heterocycles. The van der Waals surface area contributed by atoms with Crippen molar-refractivity contribution >= 4 is 16.9 Å². The lowest BCUT2D eigenvalue weighted by molar-refractivity contribution is 0.0728.